The Morgan fingerprint density at radius 3 is 2.75 bits per heavy atom. The minimum absolute atomic E-state index is 0.386. The summed E-state index contributed by atoms with van der Waals surface area (Å²) in [4.78, 5) is 30.1. The van der Waals surface area contributed by atoms with Crippen molar-refractivity contribution in [1.29, 1.82) is 0 Å². The number of fused-ring (bicyclic) bond motifs is 5. The number of benzene rings is 1. The number of nitrogens with zero attached hydrogens (tertiary/aromatic N) is 1. The molecule has 124 valence electrons. The zero-order valence-corrected chi connectivity index (χ0v) is 13.6. The summed E-state index contributed by atoms with van der Waals surface area (Å²) in [5.41, 5.74) is 4.28. The van der Waals surface area contributed by atoms with E-state index in [0.717, 1.165) is 35.3 Å². The van der Waals surface area contributed by atoms with E-state index in [1.54, 1.807) is 0 Å². The van der Waals surface area contributed by atoms with E-state index < -0.39 is 17.9 Å². The predicted octanol–water partition coefficient (Wildman–Crippen LogP) is 1.71. The molecule has 0 radical (unpaired) electrons. The Morgan fingerprint density at radius 1 is 1.21 bits per heavy atom. The SMILES string of the molecule is COC(=O)C1=C2c3[nH]c4ccccc4c3CCN2CC1C(=O)OC. The summed E-state index contributed by atoms with van der Waals surface area (Å²) in [6, 6.07) is 8.07. The fraction of sp³-hybridized carbons (Fsp3) is 0.333. The van der Waals surface area contributed by atoms with Crippen molar-refractivity contribution in [2.75, 3.05) is 27.3 Å². The number of hydrogen-bond donors (Lipinski definition) is 1. The molecular formula is C18H18N2O4. The first-order chi connectivity index (χ1) is 11.7. The first kappa shape index (κ1) is 14.8. The van der Waals surface area contributed by atoms with Crippen molar-refractivity contribution in [3.05, 3.63) is 41.1 Å². The second kappa shape index (κ2) is 5.40. The lowest BCUT2D eigenvalue weighted by atomic mass is 9.97. The quantitative estimate of drug-likeness (QED) is 0.851. The van der Waals surface area contributed by atoms with Crippen LogP contribution in [0.5, 0.6) is 0 Å². The average Bonchev–Trinajstić information content (AvgIpc) is 3.18. The summed E-state index contributed by atoms with van der Waals surface area (Å²) >= 11 is 0. The molecule has 0 amide bonds. The third-order valence-electron chi connectivity index (χ3n) is 4.90. The van der Waals surface area contributed by atoms with Crippen molar-refractivity contribution >= 4 is 28.5 Å². The van der Waals surface area contributed by atoms with Gasteiger partial charge in [-0.2, -0.15) is 0 Å². The molecule has 6 heteroatoms. The van der Waals surface area contributed by atoms with Crippen molar-refractivity contribution in [3.8, 4) is 0 Å². The summed E-state index contributed by atoms with van der Waals surface area (Å²) < 4.78 is 9.85. The van der Waals surface area contributed by atoms with Gasteiger partial charge < -0.3 is 19.4 Å². The van der Waals surface area contributed by atoms with Crippen molar-refractivity contribution in [2.24, 2.45) is 5.92 Å². The monoisotopic (exact) mass is 326 g/mol. The molecule has 0 saturated carbocycles. The predicted molar refractivity (Wildman–Crippen MR) is 88.0 cm³/mol. The molecule has 6 nitrogen and oxygen atoms in total. The highest BCUT2D eigenvalue weighted by Gasteiger charge is 2.44. The summed E-state index contributed by atoms with van der Waals surface area (Å²) in [6.07, 6.45) is 0.866. The van der Waals surface area contributed by atoms with Gasteiger partial charge in [0.25, 0.3) is 0 Å². The number of carbonyl (C=O) groups excluding carboxylic acids is 2. The van der Waals surface area contributed by atoms with E-state index in [0.29, 0.717) is 12.1 Å². The molecule has 0 spiro atoms. The van der Waals surface area contributed by atoms with E-state index in [1.807, 2.05) is 18.2 Å². The Kier molecular flexibility index (Phi) is 3.33. The smallest absolute Gasteiger partial charge is 0.336 e. The highest BCUT2D eigenvalue weighted by molar-refractivity contribution is 6.05. The van der Waals surface area contributed by atoms with Crippen LogP contribution in [0.3, 0.4) is 0 Å². The highest BCUT2D eigenvalue weighted by Crippen LogP contribution is 2.42. The van der Waals surface area contributed by atoms with Crippen molar-refractivity contribution in [2.45, 2.75) is 6.42 Å². The van der Waals surface area contributed by atoms with E-state index in [9.17, 15) is 9.59 Å². The van der Waals surface area contributed by atoms with Crippen LogP contribution in [-0.2, 0) is 25.5 Å². The van der Waals surface area contributed by atoms with Gasteiger partial charge in [-0.15, -0.1) is 0 Å². The van der Waals surface area contributed by atoms with Gasteiger partial charge in [-0.25, -0.2) is 4.79 Å². The van der Waals surface area contributed by atoms with Crippen LogP contribution in [0.2, 0.25) is 0 Å². The van der Waals surface area contributed by atoms with Gasteiger partial charge >= 0.3 is 11.9 Å². The molecule has 24 heavy (non-hydrogen) atoms. The largest absolute Gasteiger partial charge is 0.468 e. The van der Waals surface area contributed by atoms with Crippen LogP contribution in [0.4, 0.5) is 0 Å². The Hall–Kier alpha value is -2.76. The maximum atomic E-state index is 12.4. The number of hydrogen-bond acceptors (Lipinski definition) is 5. The molecule has 0 bridgehead atoms. The van der Waals surface area contributed by atoms with E-state index in [2.05, 4.69) is 16.0 Å². The van der Waals surface area contributed by atoms with E-state index in [1.165, 1.54) is 19.8 Å². The van der Waals surface area contributed by atoms with Crippen LogP contribution in [-0.4, -0.2) is 49.1 Å². The third-order valence-corrected chi connectivity index (χ3v) is 4.90. The number of ether oxygens (including phenoxy) is 2. The summed E-state index contributed by atoms with van der Waals surface area (Å²) in [5, 5.41) is 1.16. The molecule has 0 fully saturated rings. The van der Waals surface area contributed by atoms with Crippen LogP contribution >= 0.6 is 0 Å². The summed E-state index contributed by atoms with van der Waals surface area (Å²) in [7, 11) is 2.68. The normalized spacial score (nSPS) is 19.2. The number of nitrogens with one attached hydrogen (secondary N) is 1. The Balaban J connectivity index is 1.96. The molecule has 1 aromatic heterocycles. The van der Waals surface area contributed by atoms with Gasteiger partial charge in [0.1, 0.15) is 5.92 Å². The second-order valence-electron chi connectivity index (χ2n) is 6.05. The molecule has 2 aromatic rings. The van der Waals surface area contributed by atoms with Crippen LogP contribution in [0.1, 0.15) is 11.3 Å². The van der Waals surface area contributed by atoms with Crippen molar-refractivity contribution in [3.63, 3.8) is 0 Å². The molecule has 1 atom stereocenters. The first-order valence-electron chi connectivity index (χ1n) is 7.91. The number of methoxy groups -OCH3 is 2. The number of rotatable bonds is 2. The van der Waals surface area contributed by atoms with Gasteiger partial charge in [0.15, 0.2) is 0 Å². The standard InChI is InChI=1S/C18H18N2O4/c1-23-17(21)12-9-20-8-7-11-10-5-3-4-6-13(10)19-15(11)16(20)14(12)18(22)24-2/h3-6,12,19H,7-9H2,1-2H3. The summed E-state index contributed by atoms with van der Waals surface area (Å²) in [5.74, 6) is -1.50. The molecule has 3 heterocycles. The fourth-order valence-corrected chi connectivity index (χ4v) is 3.83. The molecule has 1 aromatic carbocycles. The molecule has 2 aliphatic rings. The first-order valence-corrected chi connectivity index (χ1v) is 7.91. The number of esters is 2. The van der Waals surface area contributed by atoms with Gasteiger partial charge in [-0.1, -0.05) is 18.2 Å². The Labute approximate surface area is 139 Å². The molecule has 1 N–H and O–H groups in total. The maximum Gasteiger partial charge on any atom is 0.336 e. The Bertz CT molecular complexity index is 880. The number of para-hydroxylation sites is 1. The number of H-pyrrole nitrogens is 1. The van der Waals surface area contributed by atoms with E-state index in [4.69, 9.17) is 9.47 Å². The fourth-order valence-electron chi connectivity index (χ4n) is 3.83. The van der Waals surface area contributed by atoms with Gasteiger partial charge in [-0.05, 0) is 18.1 Å². The topological polar surface area (TPSA) is 71.6 Å². The van der Waals surface area contributed by atoms with Gasteiger partial charge in [0.2, 0.25) is 0 Å². The van der Waals surface area contributed by atoms with Gasteiger partial charge in [0.05, 0.1) is 31.2 Å². The number of carbonyl (C=O) groups is 2. The molecule has 2 aliphatic heterocycles. The molecular weight excluding hydrogens is 308 g/mol. The van der Waals surface area contributed by atoms with Crippen molar-refractivity contribution in [1.82, 2.24) is 9.88 Å². The Morgan fingerprint density at radius 2 is 2.00 bits per heavy atom. The molecule has 1 unspecified atom stereocenters. The third kappa shape index (κ3) is 1.95. The minimum Gasteiger partial charge on any atom is -0.468 e. The summed E-state index contributed by atoms with van der Waals surface area (Å²) in [6.45, 7) is 1.21. The van der Waals surface area contributed by atoms with Gasteiger partial charge in [0, 0.05) is 24.0 Å². The molecule has 0 saturated heterocycles. The number of aromatic nitrogens is 1. The molecule has 0 aliphatic carbocycles. The van der Waals surface area contributed by atoms with Gasteiger partial charge in [-0.3, -0.25) is 4.79 Å². The lowest BCUT2D eigenvalue weighted by molar-refractivity contribution is -0.147. The lowest BCUT2D eigenvalue weighted by Crippen LogP contribution is -2.30. The second-order valence-corrected chi connectivity index (χ2v) is 6.05. The van der Waals surface area contributed by atoms with Crippen LogP contribution in [0.15, 0.2) is 29.8 Å². The van der Waals surface area contributed by atoms with E-state index >= 15 is 0 Å². The zero-order valence-electron chi connectivity index (χ0n) is 13.6. The zero-order chi connectivity index (χ0) is 16.8. The van der Waals surface area contributed by atoms with Crippen LogP contribution < -0.4 is 0 Å². The molecule has 4 rings (SSSR count). The van der Waals surface area contributed by atoms with Crippen molar-refractivity contribution < 1.29 is 19.1 Å². The highest BCUT2D eigenvalue weighted by atomic mass is 16.5. The minimum atomic E-state index is -0.616. The maximum absolute atomic E-state index is 12.4. The lowest BCUT2D eigenvalue weighted by Gasteiger charge is -2.27. The number of aromatic amines is 1. The van der Waals surface area contributed by atoms with Crippen LogP contribution in [0.25, 0.3) is 16.6 Å². The van der Waals surface area contributed by atoms with E-state index in [-0.39, 0.29) is 0 Å². The average molecular weight is 326 g/mol. The van der Waals surface area contributed by atoms with Crippen LogP contribution in [0, 0.1) is 5.92 Å².